The van der Waals surface area contributed by atoms with Crippen LogP contribution in [0.15, 0.2) is 48.5 Å². The van der Waals surface area contributed by atoms with Gasteiger partial charge in [0.1, 0.15) is 0 Å². The number of carboxylic acids is 1. The molecular weight excluding hydrogens is 394 g/mol. The molecule has 2 aliphatic rings. The van der Waals surface area contributed by atoms with Gasteiger partial charge in [-0.1, -0.05) is 23.7 Å². The second kappa shape index (κ2) is 7.85. The third-order valence-electron chi connectivity index (χ3n) is 5.44. The summed E-state index contributed by atoms with van der Waals surface area (Å²) in [5.41, 5.74) is 1.49. The Morgan fingerprint density at radius 2 is 1.62 bits per heavy atom. The predicted molar refractivity (Wildman–Crippen MR) is 110 cm³/mol. The van der Waals surface area contributed by atoms with E-state index < -0.39 is 12.0 Å². The van der Waals surface area contributed by atoms with Gasteiger partial charge in [-0.25, -0.2) is 9.69 Å². The van der Waals surface area contributed by atoms with Crippen molar-refractivity contribution in [2.45, 2.75) is 12.5 Å². The fourth-order valence-electron chi connectivity index (χ4n) is 3.91. The average Bonchev–Trinajstić information content (AvgIpc) is 3.02. The molecule has 1 atom stereocenters. The van der Waals surface area contributed by atoms with E-state index in [9.17, 15) is 14.4 Å². The van der Waals surface area contributed by atoms with E-state index in [0.29, 0.717) is 23.8 Å². The summed E-state index contributed by atoms with van der Waals surface area (Å²) in [7, 11) is 0. The van der Waals surface area contributed by atoms with E-state index in [0.717, 1.165) is 23.7 Å². The lowest BCUT2D eigenvalue weighted by atomic mass is 10.1. The first kappa shape index (κ1) is 19.4. The minimum absolute atomic E-state index is 0.111. The van der Waals surface area contributed by atoms with Gasteiger partial charge in [-0.05, 0) is 36.4 Å². The Kier molecular flexibility index (Phi) is 5.25. The number of aromatic carboxylic acids is 1. The molecule has 0 aromatic heterocycles. The van der Waals surface area contributed by atoms with Crippen LogP contribution in [-0.4, -0.2) is 60.0 Å². The zero-order valence-electron chi connectivity index (χ0n) is 15.6. The van der Waals surface area contributed by atoms with Gasteiger partial charge in [0, 0.05) is 26.2 Å². The molecule has 2 amide bonds. The number of amides is 2. The third kappa shape index (κ3) is 3.71. The molecule has 2 fully saturated rings. The molecule has 2 heterocycles. The number of rotatable bonds is 4. The Morgan fingerprint density at radius 3 is 2.24 bits per heavy atom. The summed E-state index contributed by atoms with van der Waals surface area (Å²) in [6.45, 7) is 2.74. The number of benzene rings is 2. The minimum atomic E-state index is -1.05. The quantitative estimate of drug-likeness (QED) is 0.775. The maximum atomic E-state index is 13.0. The van der Waals surface area contributed by atoms with Crippen molar-refractivity contribution in [3.63, 3.8) is 0 Å². The number of carboxylic acid groups (broad SMARTS) is 1. The zero-order valence-corrected chi connectivity index (χ0v) is 16.4. The number of hydrogen-bond acceptors (Lipinski definition) is 5. The number of para-hydroxylation sites is 1. The molecule has 0 radical (unpaired) electrons. The van der Waals surface area contributed by atoms with Gasteiger partial charge in [-0.2, -0.15) is 0 Å². The number of halogens is 1. The molecule has 2 aromatic rings. The third-order valence-corrected chi connectivity index (χ3v) is 5.76. The van der Waals surface area contributed by atoms with E-state index in [-0.39, 0.29) is 23.8 Å². The van der Waals surface area contributed by atoms with E-state index in [1.54, 1.807) is 0 Å². The number of nitrogens with zero attached hydrogens (tertiary/aromatic N) is 3. The Labute approximate surface area is 173 Å². The number of carbonyl (C=O) groups is 3. The molecule has 0 spiro atoms. The van der Waals surface area contributed by atoms with Gasteiger partial charge in [-0.3, -0.25) is 14.5 Å². The van der Waals surface area contributed by atoms with Crippen molar-refractivity contribution in [3.05, 3.63) is 59.1 Å². The van der Waals surface area contributed by atoms with Crippen molar-refractivity contribution in [1.29, 1.82) is 0 Å². The van der Waals surface area contributed by atoms with Crippen LogP contribution in [0.25, 0.3) is 0 Å². The van der Waals surface area contributed by atoms with Crippen molar-refractivity contribution in [1.82, 2.24) is 4.90 Å². The van der Waals surface area contributed by atoms with Crippen LogP contribution >= 0.6 is 11.6 Å². The molecule has 1 N–H and O–H groups in total. The highest BCUT2D eigenvalue weighted by Crippen LogP contribution is 2.29. The van der Waals surface area contributed by atoms with Crippen molar-refractivity contribution >= 4 is 40.8 Å². The maximum Gasteiger partial charge on any atom is 0.335 e. The molecule has 0 bridgehead atoms. The standard InChI is InChI=1S/C21H20ClN3O4/c22-16-3-1-2-4-17(16)23-9-11-24(12-10-23)18-13-19(26)25(20(18)27)15-7-5-14(6-8-15)21(28)29/h1-8,18H,9-13H2,(H,28,29)/t18-/m0/s1. The molecule has 2 aromatic carbocycles. The fraction of sp³-hybridized carbons (Fsp3) is 0.286. The highest BCUT2D eigenvalue weighted by atomic mass is 35.5. The van der Waals surface area contributed by atoms with Crippen LogP contribution in [0, 0.1) is 0 Å². The van der Waals surface area contributed by atoms with Crippen LogP contribution in [0.3, 0.4) is 0 Å². The molecule has 29 heavy (non-hydrogen) atoms. The summed E-state index contributed by atoms with van der Waals surface area (Å²) in [6.07, 6.45) is 0.131. The van der Waals surface area contributed by atoms with Gasteiger partial charge < -0.3 is 10.0 Å². The molecule has 0 saturated carbocycles. The first-order chi connectivity index (χ1) is 14.0. The normalized spacial score (nSPS) is 20.4. The fourth-order valence-corrected chi connectivity index (χ4v) is 4.16. The van der Waals surface area contributed by atoms with Crippen LogP contribution in [0.4, 0.5) is 11.4 Å². The average molecular weight is 414 g/mol. The topological polar surface area (TPSA) is 81.2 Å². The number of piperazine rings is 1. The molecule has 4 rings (SSSR count). The first-order valence-corrected chi connectivity index (χ1v) is 9.77. The summed E-state index contributed by atoms with van der Waals surface area (Å²) >= 11 is 6.28. The first-order valence-electron chi connectivity index (χ1n) is 9.39. The second-order valence-corrected chi connectivity index (χ2v) is 7.52. The van der Waals surface area contributed by atoms with Crippen LogP contribution in [0.2, 0.25) is 5.02 Å². The minimum Gasteiger partial charge on any atom is -0.478 e. The summed E-state index contributed by atoms with van der Waals surface area (Å²) < 4.78 is 0. The molecule has 2 aliphatic heterocycles. The summed E-state index contributed by atoms with van der Waals surface area (Å²) in [5.74, 6) is -1.58. The lowest BCUT2D eigenvalue weighted by Gasteiger charge is -2.38. The molecule has 0 aliphatic carbocycles. The van der Waals surface area contributed by atoms with Crippen molar-refractivity contribution in [2.75, 3.05) is 36.0 Å². The highest BCUT2D eigenvalue weighted by molar-refractivity contribution is 6.33. The van der Waals surface area contributed by atoms with Crippen molar-refractivity contribution in [2.24, 2.45) is 0 Å². The van der Waals surface area contributed by atoms with Gasteiger partial charge in [0.25, 0.3) is 5.91 Å². The van der Waals surface area contributed by atoms with Gasteiger partial charge in [0.2, 0.25) is 5.91 Å². The smallest absolute Gasteiger partial charge is 0.335 e. The van der Waals surface area contributed by atoms with E-state index in [1.807, 2.05) is 29.2 Å². The summed E-state index contributed by atoms with van der Waals surface area (Å²) in [4.78, 5) is 41.9. The number of carbonyl (C=O) groups excluding carboxylic acids is 2. The van der Waals surface area contributed by atoms with Crippen LogP contribution < -0.4 is 9.80 Å². The summed E-state index contributed by atoms with van der Waals surface area (Å²) in [5, 5.41) is 9.71. The van der Waals surface area contributed by atoms with Crippen LogP contribution in [-0.2, 0) is 9.59 Å². The molecule has 2 saturated heterocycles. The van der Waals surface area contributed by atoms with E-state index in [1.165, 1.54) is 24.3 Å². The number of imide groups is 1. The van der Waals surface area contributed by atoms with Crippen molar-refractivity contribution < 1.29 is 19.5 Å². The summed E-state index contributed by atoms with van der Waals surface area (Å²) in [6, 6.07) is 13.0. The van der Waals surface area contributed by atoms with Gasteiger partial charge >= 0.3 is 5.97 Å². The monoisotopic (exact) mass is 413 g/mol. The number of anilines is 2. The van der Waals surface area contributed by atoms with Gasteiger partial charge in [0.15, 0.2) is 0 Å². The van der Waals surface area contributed by atoms with Gasteiger partial charge in [0.05, 0.1) is 34.4 Å². The molecule has 8 heteroatoms. The number of hydrogen-bond donors (Lipinski definition) is 1. The lowest BCUT2D eigenvalue weighted by molar-refractivity contribution is -0.123. The largest absolute Gasteiger partial charge is 0.478 e. The van der Waals surface area contributed by atoms with E-state index in [4.69, 9.17) is 16.7 Å². The SMILES string of the molecule is O=C(O)c1ccc(N2C(=O)C[C@H](N3CCN(c4ccccc4Cl)CC3)C2=O)cc1. The highest BCUT2D eigenvalue weighted by Gasteiger charge is 2.43. The maximum absolute atomic E-state index is 13.0. The lowest BCUT2D eigenvalue weighted by Crippen LogP contribution is -2.52. The molecule has 150 valence electrons. The zero-order chi connectivity index (χ0) is 20.5. The molecule has 7 nitrogen and oxygen atoms in total. The predicted octanol–water partition coefficient (Wildman–Crippen LogP) is 2.49. The van der Waals surface area contributed by atoms with Crippen LogP contribution in [0.5, 0.6) is 0 Å². The Hall–Kier alpha value is -2.90. The molecular formula is C21H20ClN3O4. The van der Waals surface area contributed by atoms with Crippen LogP contribution in [0.1, 0.15) is 16.8 Å². The second-order valence-electron chi connectivity index (χ2n) is 7.11. The Balaban J connectivity index is 1.44. The van der Waals surface area contributed by atoms with E-state index in [2.05, 4.69) is 4.90 Å². The Morgan fingerprint density at radius 1 is 0.966 bits per heavy atom. The van der Waals surface area contributed by atoms with Gasteiger partial charge in [-0.15, -0.1) is 0 Å². The van der Waals surface area contributed by atoms with E-state index >= 15 is 0 Å². The Bertz CT molecular complexity index is 955. The van der Waals surface area contributed by atoms with Crippen molar-refractivity contribution in [3.8, 4) is 0 Å². The molecule has 0 unspecified atom stereocenters.